The monoisotopic (exact) mass is 281 g/mol. The molecule has 1 heterocycles. The van der Waals surface area contributed by atoms with Crippen molar-refractivity contribution in [3.8, 4) is 0 Å². The fraction of sp³-hybridized carbons (Fsp3) is 0.0769. The van der Waals surface area contributed by atoms with Gasteiger partial charge in [0.25, 0.3) is 5.91 Å². The van der Waals surface area contributed by atoms with E-state index in [0.29, 0.717) is 5.69 Å². The molecule has 0 fully saturated rings. The minimum absolute atomic E-state index is 0.129. The van der Waals surface area contributed by atoms with Crippen LogP contribution in [0.25, 0.3) is 0 Å². The minimum Gasteiger partial charge on any atom is -0.398 e. The zero-order valence-electron chi connectivity index (χ0n) is 10.1. The van der Waals surface area contributed by atoms with Crippen LogP contribution in [0.1, 0.15) is 15.9 Å². The molecule has 0 aliphatic rings. The van der Waals surface area contributed by atoms with E-state index in [0.717, 1.165) is 12.1 Å². The summed E-state index contributed by atoms with van der Waals surface area (Å²) < 4.78 is 38.1. The van der Waals surface area contributed by atoms with Crippen molar-refractivity contribution < 1.29 is 18.0 Å². The second-order valence-corrected chi connectivity index (χ2v) is 4.00. The Labute approximate surface area is 112 Å². The summed E-state index contributed by atoms with van der Waals surface area (Å²) in [5.41, 5.74) is 4.08. The zero-order valence-corrected chi connectivity index (χ0v) is 10.1. The summed E-state index contributed by atoms with van der Waals surface area (Å²) in [6.45, 7) is 0. The van der Waals surface area contributed by atoms with Crippen molar-refractivity contribution in [2.24, 2.45) is 0 Å². The Bertz CT molecular complexity index is 627. The van der Waals surface area contributed by atoms with E-state index in [2.05, 4.69) is 10.3 Å². The summed E-state index contributed by atoms with van der Waals surface area (Å²) in [6.07, 6.45) is -1.70. The number of benzene rings is 1. The van der Waals surface area contributed by atoms with Gasteiger partial charge in [-0.05, 0) is 30.3 Å². The maximum Gasteiger partial charge on any atom is 0.418 e. The highest BCUT2D eigenvalue weighted by atomic mass is 19.4. The molecule has 7 heteroatoms. The van der Waals surface area contributed by atoms with Crippen molar-refractivity contribution in [3.05, 3.63) is 53.9 Å². The molecule has 2 aromatic rings. The van der Waals surface area contributed by atoms with Gasteiger partial charge in [-0.15, -0.1) is 0 Å². The van der Waals surface area contributed by atoms with Crippen LogP contribution in [0.5, 0.6) is 0 Å². The molecule has 4 nitrogen and oxygen atoms in total. The number of anilines is 2. The topological polar surface area (TPSA) is 68.0 Å². The molecule has 0 saturated heterocycles. The van der Waals surface area contributed by atoms with Crippen LogP contribution in [0.2, 0.25) is 0 Å². The maximum absolute atomic E-state index is 12.7. The van der Waals surface area contributed by atoms with Gasteiger partial charge in [0.15, 0.2) is 0 Å². The number of nitrogen functional groups attached to an aromatic ring is 1. The number of nitrogens with two attached hydrogens (primary N) is 1. The van der Waals surface area contributed by atoms with Crippen molar-refractivity contribution in [3.63, 3.8) is 0 Å². The van der Waals surface area contributed by atoms with E-state index in [-0.39, 0.29) is 5.56 Å². The van der Waals surface area contributed by atoms with E-state index < -0.39 is 23.3 Å². The standard InChI is InChI=1S/C13H10F3N3O/c14-13(15,16)10-6-8(3-4-11(10)17)12(20)19-9-2-1-5-18-7-9/h1-7H,17H2,(H,19,20). The van der Waals surface area contributed by atoms with Crippen LogP contribution in [-0.2, 0) is 6.18 Å². The number of carbonyl (C=O) groups is 1. The summed E-state index contributed by atoms with van der Waals surface area (Å²) in [7, 11) is 0. The number of amides is 1. The molecule has 1 amide bonds. The normalized spacial score (nSPS) is 11.2. The number of hydrogen-bond acceptors (Lipinski definition) is 3. The van der Waals surface area contributed by atoms with Crippen LogP contribution in [0.3, 0.4) is 0 Å². The first-order valence-corrected chi connectivity index (χ1v) is 5.56. The molecule has 2 rings (SSSR count). The fourth-order valence-electron chi connectivity index (χ4n) is 1.58. The van der Waals surface area contributed by atoms with Crippen molar-refractivity contribution in [1.29, 1.82) is 0 Å². The van der Waals surface area contributed by atoms with Crippen LogP contribution in [0.4, 0.5) is 24.5 Å². The van der Waals surface area contributed by atoms with E-state index in [4.69, 9.17) is 5.73 Å². The van der Waals surface area contributed by atoms with Crippen LogP contribution >= 0.6 is 0 Å². The summed E-state index contributed by atoms with van der Waals surface area (Å²) in [4.78, 5) is 15.6. The van der Waals surface area contributed by atoms with Crippen molar-refractivity contribution in [1.82, 2.24) is 4.98 Å². The highest BCUT2D eigenvalue weighted by Crippen LogP contribution is 2.34. The van der Waals surface area contributed by atoms with Gasteiger partial charge in [0, 0.05) is 17.4 Å². The molecule has 0 unspecified atom stereocenters. The number of rotatable bonds is 2. The Morgan fingerprint density at radius 3 is 2.60 bits per heavy atom. The molecule has 3 N–H and O–H groups in total. The van der Waals surface area contributed by atoms with Crippen LogP contribution in [0.15, 0.2) is 42.7 Å². The van der Waals surface area contributed by atoms with Crippen LogP contribution in [-0.4, -0.2) is 10.9 Å². The smallest absolute Gasteiger partial charge is 0.398 e. The molecule has 1 aromatic heterocycles. The first-order chi connectivity index (χ1) is 9.38. The number of pyridine rings is 1. The number of carbonyl (C=O) groups excluding carboxylic acids is 1. The lowest BCUT2D eigenvalue weighted by molar-refractivity contribution is -0.136. The number of nitrogens with zero attached hydrogens (tertiary/aromatic N) is 1. The summed E-state index contributed by atoms with van der Waals surface area (Å²) >= 11 is 0. The van der Waals surface area contributed by atoms with Gasteiger partial charge in [0.1, 0.15) is 0 Å². The molecule has 104 valence electrons. The van der Waals surface area contributed by atoms with Crippen molar-refractivity contribution in [2.75, 3.05) is 11.1 Å². The third-order valence-corrected chi connectivity index (χ3v) is 2.54. The van der Waals surface area contributed by atoms with E-state index >= 15 is 0 Å². The first-order valence-electron chi connectivity index (χ1n) is 5.56. The van der Waals surface area contributed by atoms with Gasteiger partial charge in [0.2, 0.25) is 0 Å². The quantitative estimate of drug-likeness (QED) is 0.832. The Hall–Kier alpha value is -2.57. The Morgan fingerprint density at radius 2 is 2.00 bits per heavy atom. The molecule has 20 heavy (non-hydrogen) atoms. The number of aromatic nitrogens is 1. The van der Waals surface area contributed by atoms with Gasteiger partial charge in [0.05, 0.1) is 17.4 Å². The van der Waals surface area contributed by atoms with E-state index in [1.165, 1.54) is 18.5 Å². The predicted octanol–water partition coefficient (Wildman–Crippen LogP) is 2.93. The minimum atomic E-state index is -4.60. The van der Waals surface area contributed by atoms with Crippen LogP contribution in [0, 0.1) is 0 Å². The lowest BCUT2D eigenvalue weighted by atomic mass is 10.1. The third-order valence-electron chi connectivity index (χ3n) is 2.54. The molecule has 0 aliphatic heterocycles. The van der Waals surface area contributed by atoms with Gasteiger partial charge in [-0.1, -0.05) is 0 Å². The summed E-state index contributed by atoms with van der Waals surface area (Å²) in [6, 6.07) is 6.19. The third kappa shape index (κ3) is 3.05. The first kappa shape index (κ1) is 13.9. The molecular formula is C13H10F3N3O. The average Bonchev–Trinajstić information content (AvgIpc) is 2.39. The second-order valence-electron chi connectivity index (χ2n) is 4.00. The molecule has 0 spiro atoms. The van der Waals surface area contributed by atoms with E-state index in [1.54, 1.807) is 12.1 Å². The average molecular weight is 281 g/mol. The molecular weight excluding hydrogens is 271 g/mol. The number of nitrogens with one attached hydrogen (secondary N) is 1. The van der Waals surface area contributed by atoms with Crippen molar-refractivity contribution in [2.45, 2.75) is 6.18 Å². The molecule has 1 aromatic carbocycles. The van der Waals surface area contributed by atoms with E-state index in [9.17, 15) is 18.0 Å². The van der Waals surface area contributed by atoms with E-state index in [1.807, 2.05) is 0 Å². The highest BCUT2D eigenvalue weighted by Gasteiger charge is 2.33. The van der Waals surface area contributed by atoms with Gasteiger partial charge in [-0.2, -0.15) is 13.2 Å². The Balaban J connectivity index is 2.27. The SMILES string of the molecule is Nc1ccc(C(=O)Nc2cccnc2)cc1C(F)(F)F. The van der Waals surface area contributed by atoms with Gasteiger partial charge >= 0.3 is 6.18 Å². The lowest BCUT2D eigenvalue weighted by Crippen LogP contribution is -2.15. The number of halogens is 3. The Kier molecular flexibility index (Phi) is 3.60. The van der Waals surface area contributed by atoms with Crippen molar-refractivity contribution >= 4 is 17.3 Å². The molecule has 0 radical (unpaired) electrons. The number of alkyl halides is 3. The molecule has 0 bridgehead atoms. The lowest BCUT2D eigenvalue weighted by Gasteiger charge is -2.11. The van der Waals surface area contributed by atoms with Gasteiger partial charge in [-0.25, -0.2) is 0 Å². The number of hydrogen-bond donors (Lipinski definition) is 2. The van der Waals surface area contributed by atoms with Gasteiger partial charge < -0.3 is 11.1 Å². The predicted molar refractivity (Wildman–Crippen MR) is 68.0 cm³/mol. The highest BCUT2D eigenvalue weighted by molar-refractivity contribution is 6.04. The zero-order chi connectivity index (χ0) is 14.8. The fourth-order valence-corrected chi connectivity index (χ4v) is 1.58. The van der Waals surface area contributed by atoms with Crippen LogP contribution < -0.4 is 11.1 Å². The molecule has 0 saturated carbocycles. The largest absolute Gasteiger partial charge is 0.418 e. The Morgan fingerprint density at radius 1 is 1.25 bits per heavy atom. The van der Waals surface area contributed by atoms with Gasteiger partial charge in [-0.3, -0.25) is 9.78 Å². The second kappa shape index (κ2) is 5.20. The molecule has 0 aliphatic carbocycles. The maximum atomic E-state index is 12.7. The summed E-state index contributed by atoms with van der Waals surface area (Å²) in [5.74, 6) is -0.663. The molecule has 0 atom stereocenters. The summed E-state index contributed by atoms with van der Waals surface area (Å²) in [5, 5.41) is 2.45.